The number of epoxide rings is 1. The third-order valence-corrected chi connectivity index (χ3v) is 3.15. The number of ether oxygens (including phenoxy) is 1. The van der Waals surface area contributed by atoms with Crippen molar-refractivity contribution in [3.63, 3.8) is 0 Å². The van der Waals surface area contributed by atoms with E-state index in [1.807, 2.05) is 0 Å². The molecule has 0 aromatic heterocycles. The van der Waals surface area contributed by atoms with Crippen LogP contribution in [-0.2, 0) is 14.3 Å². The number of imide groups is 1. The van der Waals surface area contributed by atoms with E-state index in [9.17, 15) is 9.59 Å². The lowest BCUT2D eigenvalue weighted by Gasteiger charge is -2.13. The summed E-state index contributed by atoms with van der Waals surface area (Å²) in [6.45, 7) is 4.30. The molecule has 4 heteroatoms. The number of hydrogen-bond acceptors (Lipinski definition) is 3. The second-order valence-corrected chi connectivity index (χ2v) is 4.39. The van der Waals surface area contributed by atoms with Gasteiger partial charge in [0.1, 0.15) is 0 Å². The Morgan fingerprint density at radius 3 is 2.62 bits per heavy atom. The van der Waals surface area contributed by atoms with E-state index in [0.717, 1.165) is 19.3 Å². The Hall–Kier alpha value is -1.16. The van der Waals surface area contributed by atoms with Crippen molar-refractivity contribution in [2.24, 2.45) is 0 Å². The van der Waals surface area contributed by atoms with E-state index in [0.29, 0.717) is 24.3 Å². The standard InChI is InChI=1S/C12H17NO3/c1-3-9-10(16-9)5-4-6-13-11(14)7-8(2)12(13)15/h7,9-10H,3-6H2,1-2H3. The average molecular weight is 223 g/mol. The van der Waals surface area contributed by atoms with Crippen LogP contribution in [0.25, 0.3) is 0 Å². The van der Waals surface area contributed by atoms with Gasteiger partial charge in [-0.05, 0) is 26.2 Å². The molecule has 1 fully saturated rings. The van der Waals surface area contributed by atoms with Crippen LogP contribution >= 0.6 is 0 Å². The average Bonchev–Trinajstić information content (AvgIpc) is 2.96. The van der Waals surface area contributed by atoms with Gasteiger partial charge in [0.15, 0.2) is 0 Å². The molecular weight excluding hydrogens is 206 g/mol. The number of rotatable bonds is 5. The maximum Gasteiger partial charge on any atom is 0.256 e. The first-order valence-corrected chi connectivity index (χ1v) is 5.83. The van der Waals surface area contributed by atoms with Crippen molar-refractivity contribution in [1.29, 1.82) is 0 Å². The van der Waals surface area contributed by atoms with Crippen molar-refractivity contribution in [2.75, 3.05) is 6.54 Å². The minimum Gasteiger partial charge on any atom is -0.370 e. The van der Waals surface area contributed by atoms with Crippen molar-refractivity contribution < 1.29 is 14.3 Å². The SMILES string of the molecule is CCC1OC1CCCN1C(=O)C=C(C)C1=O. The van der Waals surface area contributed by atoms with Crippen LogP contribution in [0.2, 0.25) is 0 Å². The maximum atomic E-state index is 11.5. The first-order chi connectivity index (χ1) is 7.63. The van der Waals surface area contributed by atoms with Gasteiger partial charge in [0.2, 0.25) is 0 Å². The zero-order valence-electron chi connectivity index (χ0n) is 9.73. The van der Waals surface area contributed by atoms with Crippen LogP contribution in [-0.4, -0.2) is 35.5 Å². The molecule has 0 N–H and O–H groups in total. The molecule has 88 valence electrons. The van der Waals surface area contributed by atoms with Crippen molar-refractivity contribution >= 4 is 11.8 Å². The summed E-state index contributed by atoms with van der Waals surface area (Å²) in [6.07, 6.45) is 4.99. The van der Waals surface area contributed by atoms with E-state index < -0.39 is 0 Å². The third kappa shape index (κ3) is 2.16. The number of amides is 2. The molecule has 0 spiro atoms. The van der Waals surface area contributed by atoms with E-state index in [-0.39, 0.29) is 11.8 Å². The molecule has 0 saturated carbocycles. The minimum absolute atomic E-state index is 0.145. The first kappa shape index (κ1) is 11.3. The summed E-state index contributed by atoms with van der Waals surface area (Å²) in [7, 11) is 0. The molecule has 0 aromatic rings. The van der Waals surface area contributed by atoms with Crippen LogP contribution in [0.4, 0.5) is 0 Å². The summed E-state index contributed by atoms with van der Waals surface area (Å²) >= 11 is 0. The van der Waals surface area contributed by atoms with Gasteiger partial charge in [-0.3, -0.25) is 14.5 Å². The van der Waals surface area contributed by atoms with Crippen molar-refractivity contribution in [3.8, 4) is 0 Å². The summed E-state index contributed by atoms with van der Waals surface area (Å²) < 4.78 is 5.40. The van der Waals surface area contributed by atoms with Gasteiger partial charge in [0.05, 0.1) is 12.2 Å². The normalized spacial score (nSPS) is 28.6. The van der Waals surface area contributed by atoms with Gasteiger partial charge in [-0.15, -0.1) is 0 Å². The second-order valence-electron chi connectivity index (χ2n) is 4.39. The molecule has 16 heavy (non-hydrogen) atoms. The van der Waals surface area contributed by atoms with E-state index in [1.165, 1.54) is 11.0 Å². The molecule has 2 heterocycles. The summed E-state index contributed by atoms with van der Waals surface area (Å²) in [4.78, 5) is 24.3. The number of carbonyl (C=O) groups is 2. The summed E-state index contributed by atoms with van der Waals surface area (Å²) in [6, 6.07) is 0. The van der Waals surface area contributed by atoms with Gasteiger partial charge >= 0.3 is 0 Å². The smallest absolute Gasteiger partial charge is 0.256 e. The molecule has 2 unspecified atom stereocenters. The quantitative estimate of drug-likeness (QED) is 0.521. The van der Waals surface area contributed by atoms with Crippen LogP contribution < -0.4 is 0 Å². The van der Waals surface area contributed by atoms with Crippen molar-refractivity contribution in [3.05, 3.63) is 11.6 Å². The monoisotopic (exact) mass is 223 g/mol. The molecule has 0 bridgehead atoms. The van der Waals surface area contributed by atoms with E-state index in [2.05, 4.69) is 6.92 Å². The highest BCUT2D eigenvalue weighted by atomic mass is 16.6. The largest absolute Gasteiger partial charge is 0.370 e. The zero-order chi connectivity index (χ0) is 11.7. The summed E-state index contributed by atoms with van der Waals surface area (Å²) in [5.41, 5.74) is 0.541. The highest BCUT2D eigenvalue weighted by Gasteiger charge is 2.36. The molecule has 0 aromatic carbocycles. The van der Waals surface area contributed by atoms with Crippen LogP contribution in [0.15, 0.2) is 11.6 Å². The van der Waals surface area contributed by atoms with E-state index >= 15 is 0 Å². The molecule has 4 nitrogen and oxygen atoms in total. The molecule has 2 rings (SSSR count). The number of carbonyl (C=O) groups excluding carboxylic acids is 2. The van der Waals surface area contributed by atoms with Crippen LogP contribution in [0.5, 0.6) is 0 Å². The van der Waals surface area contributed by atoms with Gasteiger partial charge in [-0.2, -0.15) is 0 Å². The fourth-order valence-corrected chi connectivity index (χ4v) is 2.09. The Bertz CT molecular complexity index is 348. The van der Waals surface area contributed by atoms with E-state index in [1.54, 1.807) is 6.92 Å². The minimum atomic E-state index is -0.175. The highest BCUT2D eigenvalue weighted by Crippen LogP contribution is 2.29. The summed E-state index contributed by atoms with van der Waals surface area (Å²) in [5, 5.41) is 0. The van der Waals surface area contributed by atoms with Crippen LogP contribution in [0.1, 0.15) is 33.1 Å². The Labute approximate surface area is 95.2 Å². The van der Waals surface area contributed by atoms with Gasteiger partial charge in [-0.25, -0.2) is 0 Å². The van der Waals surface area contributed by atoms with Crippen LogP contribution in [0, 0.1) is 0 Å². The third-order valence-electron chi connectivity index (χ3n) is 3.15. The van der Waals surface area contributed by atoms with Crippen molar-refractivity contribution in [2.45, 2.75) is 45.3 Å². The Morgan fingerprint density at radius 2 is 2.12 bits per heavy atom. The Morgan fingerprint density at radius 1 is 1.38 bits per heavy atom. The predicted octanol–water partition coefficient (Wildman–Crippen LogP) is 1.26. The van der Waals surface area contributed by atoms with Gasteiger partial charge in [0, 0.05) is 18.2 Å². The Balaban J connectivity index is 1.71. The number of hydrogen-bond donors (Lipinski definition) is 0. The molecule has 1 saturated heterocycles. The highest BCUT2D eigenvalue weighted by molar-refractivity contribution is 6.15. The van der Waals surface area contributed by atoms with Gasteiger partial charge < -0.3 is 4.74 Å². The molecular formula is C12H17NO3. The molecule has 2 amide bonds. The first-order valence-electron chi connectivity index (χ1n) is 5.83. The van der Waals surface area contributed by atoms with Gasteiger partial charge in [0.25, 0.3) is 11.8 Å². The second kappa shape index (κ2) is 4.37. The predicted molar refractivity (Wildman–Crippen MR) is 58.7 cm³/mol. The molecule has 0 radical (unpaired) electrons. The summed E-state index contributed by atoms with van der Waals surface area (Å²) in [5.74, 6) is -0.319. The fourth-order valence-electron chi connectivity index (χ4n) is 2.09. The molecule has 2 atom stereocenters. The molecule has 2 aliphatic heterocycles. The van der Waals surface area contributed by atoms with Crippen molar-refractivity contribution in [1.82, 2.24) is 4.90 Å². The van der Waals surface area contributed by atoms with Gasteiger partial charge in [-0.1, -0.05) is 6.92 Å². The van der Waals surface area contributed by atoms with E-state index in [4.69, 9.17) is 4.74 Å². The topological polar surface area (TPSA) is 49.9 Å². The maximum absolute atomic E-state index is 11.5. The lowest BCUT2D eigenvalue weighted by atomic mass is 10.1. The molecule has 2 aliphatic rings. The lowest BCUT2D eigenvalue weighted by molar-refractivity contribution is -0.137. The fraction of sp³-hybridized carbons (Fsp3) is 0.667. The Kier molecular flexibility index (Phi) is 3.10. The zero-order valence-corrected chi connectivity index (χ0v) is 9.73. The molecule has 0 aliphatic carbocycles. The number of nitrogens with zero attached hydrogens (tertiary/aromatic N) is 1. The lowest BCUT2D eigenvalue weighted by Crippen LogP contribution is -2.31. The van der Waals surface area contributed by atoms with Crippen LogP contribution in [0.3, 0.4) is 0 Å².